The number of benzene rings is 1. The lowest BCUT2D eigenvalue weighted by atomic mass is 9.96. The molecule has 0 aromatic heterocycles. The molecule has 0 spiro atoms. The van der Waals surface area contributed by atoms with Gasteiger partial charge in [-0.1, -0.05) is 25.1 Å². The van der Waals surface area contributed by atoms with Crippen molar-refractivity contribution in [2.45, 2.75) is 19.8 Å². The van der Waals surface area contributed by atoms with Crippen LogP contribution in [0.4, 0.5) is 0 Å². The first-order valence-corrected chi connectivity index (χ1v) is 4.08. The number of aryl methyl sites for hydroxylation is 1. The van der Waals surface area contributed by atoms with E-state index in [4.69, 9.17) is 0 Å². The van der Waals surface area contributed by atoms with Crippen LogP contribution in [-0.4, -0.2) is 5.11 Å². The summed E-state index contributed by atoms with van der Waals surface area (Å²) >= 11 is 0. The van der Waals surface area contributed by atoms with Crippen molar-refractivity contribution in [3.05, 3.63) is 42.0 Å². The summed E-state index contributed by atoms with van der Waals surface area (Å²) in [4.78, 5) is 0. The van der Waals surface area contributed by atoms with Crippen molar-refractivity contribution in [2.75, 3.05) is 0 Å². The molecule has 1 aromatic rings. The highest BCUT2D eigenvalue weighted by molar-refractivity contribution is 5.42. The summed E-state index contributed by atoms with van der Waals surface area (Å²) in [5.74, 6) is 0.577. The molecular formula is C11H14O. The molecule has 12 heavy (non-hydrogen) atoms. The van der Waals surface area contributed by atoms with Crippen LogP contribution in [0.1, 0.15) is 24.0 Å². The van der Waals surface area contributed by atoms with E-state index in [0.29, 0.717) is 5.75 Å². The lowest BCUT2D eigenvalue weighted by Crippen LogP contribution is -1.92. The number of hydrogen-bond acceptors (Lipinski definition) is 1. The third-order valence-electron chi connectivity index (χ3n) is 2.11. The second kappa shape index (κ2) is 3.44. The maximum Gasteiger partial charge on any atom is 0.119 e. The molecule has 1 nitrogen and oxygen atoms in total. The normalized spacial score (nSPS) is 12.5. The minimum absolute atomic E-state index is 0.214. The van der Waals surface area contributed by atoms with E-state index < -0.39 is 0 Å². The number of aromatic hydroxyl groups is 1. The van der Waals surface area contributed by atoms with Crippen LogP contribution in [0.15, 0.2) is 30.9 Å². The molecule has 0 aliphatic carbocycles. The zero-order chi connectivity index (χ0) is 9.14. The Morgan fingerprint density at radius 2 is 2.17 bits per heavy atom. The Balaban J connectivity index is 3.20. The molecule has 1 unspecified atom stereocenters. The molecule has 0 heterocycles. The molecule has 0 saturated heterocycles. The first-order chi connectivity index (χ1) is 5.66. The van der Waals surface area contributed by atoms with Gasteiger partial charge < -0.3 is 5.11 Å². The van der Waals surface area contributed by atoms with E-state index >= 15 is 0 Å². The van der Waals surface area contributed by atoms with Crippen LogP contribution in [-0.2, 0) is 0 Å². The molecule has 0 fully saturated rings. The van der Waals surface area contributed by atoms with Crippen LogP contribution in [0.2, 0.25) is 0 Å². The molecule has 1 N–H and O–H groups in total. The Labute approximate surface area is 73.4 Å². The Hall–Kier alpha value is -1.24. The van der Waals surface area contributed by atoms with E-state index in [0.717, 1.165) is 11.1 Å². The van der Waals surface area contributed by atoms with Crippen molar-refractivity contribution < 1.29 is 5.11 Å². The molecule has 0 saturated carbocycles. The Kier molecular flexibility index (Phi) is 2.54. The van der Waals surface area contributed by atoms with Gasteiger partial charge in [0.1, 0.15) is 5.75 Å². The predicted octanol–water partition coefficient (Wildman–Crippen LogP) is 2.99. The standard InChI is InChI=1S/C11H14O/c1-4-8(2)11-9(3)6-5-7-10(11)12/h4-8,12H,1H2,2-3H3. The maximum absolute atomic E-state index is 9.55. The SMILES string of the molecule is C=CC(C)c1c(C)cccc1O. The number of phenolic OH excluding ortho intramolecular Hbond substituents is 1. The molecule has 0 radical (unpaired) electrons. The van der Waals surface area contributed by atoms with Gasteiger partial charge in [-0.15, -0.1) is 6.58 Å². The van der Waals surface area contributed by atoms with Crippen molar-refractivity contribution in [1.82, 2.24) is 0 Å². The van der Waals surface area contributed by atoms with Gasteiger partial charge >= 0.3 is 0 Å². The minimum Gasteiger partial charge on any atom is -0.508 e. The Bertz CT molecular complexity index is 269. The van der Waals surface area contributed by atoms with Gasteiger partial charge in [0, 0.05) is 11.5 Å². The second-order valence-electron chi connectivity index (χ2n) is 3.03. The molecule has 0 aliphatic heterocycles. The Morgan fingerprint density at radius 3 is 2.67 bits per heavy atom. The fourth-order valence-electron chi connectivity index (χ4n) is 1.38. The van der Waals surface area contributed by atoms with Crippen molar-refractivity contribution in [3.63, 3.8) is 0 Å². The van der Waals surface area contributed by atoms with Gasteiger partial charge in [-0.2, -0.15) is 0 Å². The van der Waals surface area contributed by atoms with E-state index in [9.17, 15) is 5.11 Å². The van der Waals surface area contributed by atoms with E-state index in [1.807, 2.05) is 32.1 Å². The molecule has 1 aromatic carbocycles. The van der Waals surface area contributed by atoms with Crippen LogP contribution < -0.4 is 0 Å². The van der Waals surface area contributed by atoms with E-state index in [1.54, 1.807) is 6.07 Å². The maximum atomic E-state index is 9.55. The monoisotopic (exact) mass is 162 g/mol. The molecule has 0 aliphatic rings. The molecule has 64 valence electrons. The van der Waals surface area contributed by atoms with E-state index in [1.165, 1.54) is 0 Å². The number of hydrogen-bond donors (Lipinski definition) is 1. The van der Waals surface area contributed by atoms with Crippen LogP contribution >= 0.6 is 0 Å². The Morgan fingerprint density at radius 1 is 1.50 bits per heavy atom. The van der Waals surface area contributed by atoms with Crippen LogP contribution in [0, 0.1) is 6.92 Å². The fourth-order valence-corrected chi connectivity index (χ4v) is 1.38. The van der Waals surface area contributed by atoms with Crippen LogP contribution in [0.3, 0.4) is 0 Å². The zero-order valence-corrected chi connectivity index (χ0v) is 7.54. The lowest BCUT2D eigenvalue weighted by molar-refractivity contribution is 0.466. The second-order valence-corrected chi connectivity index (χ2v) is 3.03. The molecule has 0 bridgehead atoms. The largest absolute Gasteiger partial charge is 0.508 e. The molecule has 0 amide bonds. The molecule has 1 atom stereocenters. The highest BCUT2D eigenvalue weighted by Gasteiger charge is 2.08. The van der Waals surface area contributed by atoms with Crippen molar-refractivity contribution in [2.24, 2.45) is 0 Å². The third-order valence-corrected chi connectivity index (χ3v) is 2.11. The summed E-state index contributed by atoms with van der Waals surface area (Å²) in [6.07, 6.45) is 1.84. The van der Waals surface area contributed by atoms with Crippen molar-refractivity contribution >= 4 is 0 Å². The van der Waals surface area contributed by atoms with Gasteiger partial charge in [0.25, 0.3) is 0 Å². The summed E-state index contributed by atoms with van der Waals surface area (Å²) in [5, 5.41) is 9.55. The highest BCUT2D eigenvalue weighted by Crippen LogP contribution is 2.28. The summed E-state index contributed by atoms with van der Waals surface area (Å²) < 4.78 is 0. The molecular weight excluding hydrogens is 148 g/mol. The predicted molar refractivity (Wildman–Crippen MR) is 51.5 cm³/mol. The van der Waals surface area contributed by atoms with Gasteiger partial charge in [0.2, 0.25) is 0 Å². The van der Waals surface area contributed by atoms with E-state index in [-0.39, 0.29) is 5.92 Å². The average Bonchev–Trinajstić information content (AvgIpc) is 2.03. The fraction of sp³-hybridized carbons (Fsp3) is 0.273. The van der Waals surface area contributed by atoms with Gasteiger partial charge in [0.15, 0.2) is 0 Å². The van der Waals surface area contributed by atoms with Crippen LogP contribution in [0.25, 0.3) is 0 Å². The van der Waals surface area contributed by atoms with Gasteiger partial charge in [-0.05, 0) is 18.6 Å². The summed E-state index contributed by atoms with van der Waals surface area (Å²) in [5.41, 5.74) is 2.09. The zero-order valence-electron chi connectivity index (χ0n) is 7.54. The molecule has 1 rings (SSSR count). The minimum atomic E-state index is 0.214. The number of phenols is 1. The van der Waals surface area contributed by atoms with Gasteiger partial charge in [-0.25, -0.2) is 0 Å². The average molecular weight is 162 g/mol. The van der Waals surface area contributed by atoms with Crippen molar-refractivity contribution in [1.29, 1.82) is 0 Å². The number of allylic oxidation sites excluding steroid dienone is 1. The number of rotatable bonds is 2. The summed E-state index contributed by atoms with van der Waals surface area (Å²) in [6, 6.07) is 5.56. The van der Waals surface area contributed by atoms with Crippen LogP contribution in [0.5, 0.6) is 5.75 Å². The highest BCUT2D eigenvalue weighted by atomic mass is 16.3. The van der Waals surface area contributed by atoms with Crippen molar-refractivity contribution in [3.8, 4) is 5.75 Å². The lowest BCUT2D eigenvalue weighted by Gasteiger charge is -2.11. The quantitative estimate of drug-likeness (QED) is 0.663. The topological polar surface area (TPSA) is 20.2 Å². The first-order valence-electron chi connectivity index (χ1n) is 4.08. The van der Waals surface area contributed by atoms with Gasteiger partial charge in [0.05, 0.1) is 0 Å². The first kappa shape index (κ1) is 8.85. The smallest absolute Gasteiger partial charge is 0.119 e. The van der Waals surface area contributed by atoms with E-state index in [2.05, 4.69) is 6.58 Å². The summed E-state index contributed by atoms with van der Waals surface area (Å²) in [6.45, 7) is 7.73. The summed E-state index contributed by atoms with van der Waals surface area (Å²) in [7, 11) is 0. The molecule has 1 heteroatoms. The third kappa shape index (κ3) is 1.50. The van der Waals surface area contributed by atoms with Gasteiger partial charge in [-0.3, -0.25) is 0 Å².